The summed E-state index contributed by atoms with van der Waals surface area (Å²) >= 11 is 0. The quantitative estimate of drug-likeness (QED) is 0.302. The van der Waals surface area contributed by atoms with Gasteiger partial charge < -0.3 is 10.9 Å². The summed E-state index contributed by atoms with van der Waals surface area (Å²) in [6.45, 7) is 0.381. The number of nitrogens with two attached hydrogens (primary N) is 1. The van der Waals surface area contributed by atoms with Crippen molar-refractivity contribution in [2.75, 3.05) is 0 Å². The summed E-state index contributed by atoms with van der Waals surface area (Å²) in [7, 11) is 0. The lowest BCUT2D eigenvalue weighted by Gasteiger charge is -1.97. The molecule has 2 aromatic heterocycles. The number of nitrogens with zero attached hydrogens (tertiary/aromatic N) is 6. The first-order valence-corrected chi connectivity index (χ1v) is 4.43. The molecule has 2 aromatic rings. The van der Waals surface area contributed by atoms with E-state index >= 15 is 0 Å². The molecule has 0 fully saturated rings. The van der Waals surface area contributed by atoms with E-state index in [-0.39, 0.29) is 11.7 Å². The van der Waals surface area contributed by atoms with Crippen LogP contribution in [0.25, 0.3) is 0 Å². The summed E-state index contributed by atoms with van der Waals surface area (Å²) in [6, 6.07) is 1.73. The molecule has 0 atom stereocenters. The van der Waals surface area contributed by atoms with Crippen molar-refractivity contribution in [1.82, 2.24) is 24.7 Å². The van der Waals surface area contributed by atoms with Crippen molar-refractivity contribution in [2.24, 2.45) is 10.9 Å². The molecule has 0 radical (unpaired) electrons. The molecular formula is C8H9N7O. The third-order valence-corrected chi connectivity index (χ3v) is 1.80. The van der Waals surface area contributed by atoms with Crippen molar-refractivity contribution in [3.8, 4) is 0 Å². The van der Waals surface area contributed by atoms with Gasteiger partial charge in [-0.1, -0.05) is 5.16 Å². The van der Waals surface area contributed by atoms with Gasteiger partial charge in [-0.3, -0.25) is 0 Å². The number of hydrogen-bond acceptors (Lipinski definition) is 6. The standard InChI is InChI=1S/C8H9N7O/c9-7(14-16)8-12-5-15(13-8)4-6-10-2-1-3-11-6/h1-3,5,16H,4H2,(H2,9,14). The maximum atomic E-state index is 8.44. The van der Waals surface area contributed by atoms with Crippen LogP contribution in [0.2, 0.25) is 0 Å². The Morgan fingerprint density at radius 2 is 2.12 bits per heavy atom. The Balaban J connectivity index is 2.15. The van der Waals surface area contributed by atoms with E-state index in [9.17, 15) is 0 Å². The molecule has 0 unspecified atom stereocenters. The van der Waals surface area contributed by atoms with Gasteiger partial charge in [0.2, 0.25) is 11.7 Å². The first-order chi connectivity index (χ1) is 7.79. The highest BCUT2D eigenvalue weighted by atomic mass is 16.4. The topological polar surface area (TPSA) is 115 Å². The number of amidine groups is 1. The van der Waals surface area contributed by atoms with Gasteiger partial charge in [0.1, 0.15) is 18.7 Å². The molecule has 82 valence electrons. The maximum absolute atomic E-state index is 8.44. The minimum absolute atomic E-state index is 0.132. The average Bonchev–Trinajstić information content (AvgIpc) is 2.78. The molecule has 0 bridgehead atoms. The smallest absolute Gasteiger partial charge is 0.219 e. The van der Waals surface area contributed by atoms with Crippen molar-refractivity contribution in [2.45, 2.75) is 6.54 Å². The van der Waals surface area contributed by atoms with E-state index in [1.54, 1.807) is 18.5 Å². The van der Waals surface area contributed by atoms with Crippen LogP contribution in [0.3, 0.4) is 0 Å². The van der Waals surface area contributed by atoms with Gasteiger partial charge in [-0.2, -0.15) is 0 Å². The molecule has 2 heterocycles. The van der Waals surface area contributed by atoms with Gasteiger partial charge in [0.05, 0.1) is 0 Å². The van der Waals surface area contributed by atoms with Crippen molar-refractivity contribution in [1.29, 1.82) is 0 Å². The summed E-state index contributed by atoms with van der Waals surface area (Å²) < 4.78 is 1.50. The number of aromatic nitrogens is 5. The minimum Gasteiger partial charge on any atom is -0.409 e. The molecule has 0 amide bonds. The van der Waals surface area contributed by atoms with E-state index in [1.165, 1.54) is 11.0 Å². The van der Waals surface area contributed by atoms with Crippen LogP contribution in [0.1, 0.15) is 11.6 Å². The Morgan fingerprint density at radius 1 is 1.38 bits per heavy atom. The third kappa shape index (κ3) is 2.11. The van der Waals surface area contributed by atoms with Gasteiger partial charge >= 0.3 is 0 Å². The molecular weight excluding hydrogens is 210 g/mol. The molecule has 0 aliphatic carbocycles. The highest BCUT2D eigenvalue weighted by molar-refractivity contribution is 5.93. The van der Waals surface area contributed by atoms with Crippen molar-refractivity contribution >= 4 is 5.84 Å². The van der Waals surface area contributed by atoms with E-state index in [1.807, 2.05) is 0 Å². The fraction of sp³-hybridized carbons (Fsp3) is 0.125. The van der Waals surface area contributed by atoms with Gasteiger partial charge in [-0.05, 0) is 6.07 Å². The molecule has 3 N–H and O–H groups in total. The fourth-order valence-corrected chi connectivity index (χ4v) is 1.09. The predicted molar refractivity (Wildman–Crippen MR) is 53.7 cm³/mol. The van der Waals surface area contributed by atoms with Crippen molar-refractivity contribution in [3.05, 3.63) is 36.4 Å². The van der Waals surface area contributed by atoms with Crippen LogP contribution in [-0.2, 0) is 6.54 Å². The second-order valence-corrected chi connectivity index (χ2v) is 2.92. The van der Waals surface area contributed by atoms with Crippen LogP contribution < -0.4 is 5.73 Å². The lowest BCUT2D eigenvalue weighted by molar-refractivity contribution is 0.318. The Kier molecular flexibility index (Phi) is 2.72. The minimum atomic E-state index is -0.132. The summed E-state index contributed by atoms with van der Waals surface area (Å²) in [6.07, 6.45) is 4.75. The SMILES string of the molecule is NC(=NO)c1ncn(Cc2ncccn2)n1. The zero-order chi connectivity index (χ0) is 11.4. The van der Waals surface area contributed by atoms with Crippen LogP contribution in [0.15, 0.2) is 29.9 Å². The van der Waals surface area contributed by atoms with E-state index in [0.717, 1.165) is 0 Å². The van der Waals surface area contributed by atoms with Crippen molar-refractivity contribution < 1.29 is 5.21 Å². The number of hydrogen-bond donors (Lipinski definition) is 2. The molecule has 0 aliphatic heterocycles. The van der Waals surface area contributed by atoms with E-state index < -0.39 is 0 Å². The zero-order valence-corrected chi connectivity index (χ0v) is 8.22. The Morgan fingerprint density at radius 3 is 2.81 bits per heavy atom. The molecule has 8 nitrogen and oxygen atoms in total. The molecule has 2 rings (SSSR count). The van der Waals surface area contributed by atoms with Crippen LogP contribution in [0, 0.1) is 0 Å². The monoisotopic (exact) mass is 219 g/mol. The van der Waals surface area contributed by atoms with E-state index in [2.05, 4.69) is 25.2 Å². The van der Waals surface area contributed by atoms with Crippen LogP contribution in [-0.4, -0.2) is 35.8 Å². The normalized spacial score (nSPS) is 11.6. The summed E-state index contributed by atoms with van der Waals surface area (Å²) in [5.74, 6) is 0.643. The first-order valence-electron chi connectivity index (χ1n) is 4.43. The summed E-state index contributed by atoms with van der Waals surface area (Å²) in [4.78, 5) is 11.9. The van der Waals surface area contributed by atoms with Gasteiger partial charge in [0.25, 0.3) is 0 Å². The van der Waals surface area contributed by atoms with Gasteiger partial charge in [0.15, 0.2) is 0 Å². The predicted octanol–water partition coefficient (Wildman–Crippen LogP) is -0.789. The second kappa shape index (κ2) is 4.34. The maximum Gasteiger partial charge on any atom is 0.219 e. The van der Waals surface area contributed by atoms with Gasteiger partial charge in [0, 0.05) is 12.4 Å². The molecule has 16 heavy (non-hydrogen) atoms. The van der Waals surface area contributed by atoms with Gasteiger partial charge in [-0.25, -0.2) is 19.6 Å². The summed E-state index contributed by atoms with van der Waals surface area (Å²) in [5.41, 5.74) is 5.33. The summed E-state index contributed by atoms with van der Waals surface area (Å²) in [5, 5.41) is 15.2. The van der Waals surface area contributed by atoms with Crippen LogP contribution in [0.5, 0.6) is 0 Å². The van der Waals surface area contributed by atoms with Gasteiger partial charge in [-0.15, -0.1) is 5.10 Å². The first kappa shape index (κ1) is 10.0. The Hall–Kier alpha value is -2.51. The third-order valence-electron chi connectivity index (χ3n) is 1.80. The van der Waals surface area contributed by atoms with Crippen LogP contribution in [0.4, 0.5) is 0 Å². The highest BCUT2D eigenvalue weighted by Gasteiger charge is 2.06. The van der Waals surface area contributed by atoms with Crippen LogP contribution >= 0.6 is 0 Å². The molecule has 8 heteroatoms. The molecule has 0 saturated carbocycles. The largest absolute Gasteiger partial charge is 0.409 e. The lowest BCUT2D eigenvalue weighted by Crippen LogP contribution is -2.16. The van der Waals surface area contributed by atoms with E-state index in [0.29, 0.717) is 12.4 Å². The lowest BCUT2D eigenvalue weighted by atomic mass is 10.5. The molecule has 0 aliphatic rings. The highest BCUT2D eigenvalue weighted by Crippen LogP contribution is 1.94. The average molecular weight is 219 g/mol. The molecule has 0 aromatic carbocycles. The number of rotatable bonds is 3. The molecule has 0 saturated heterocycles. The number of oxime groups is 1. The molecule has 0 spiro atoms. The second-order valence-electron chi connectivity index (χ2n) is 2.92. The Labute approximate surface area is 90.5 Å². The van der Waals surface area contributed by atoms with E-state index in [4.69, 9.17) is 10.9 Å². The zero-order valence-electron chi connectivity index (χ0n) is 8.22. The fourth-order valence-electron chi connectivity index (χ4n) is 1.09. The Bertz CT molecular complexity index is 492. The van der Waals surface area contributed by atoms with Crippen molar-refractivity contribution in [3.63, 3.8) is 0 Å².